The molecular formula is C14H20N4O2S. The second-order valence-corrected chi connectivity index (χ2v) is 7.17. The van der Waals surface area contributed by atoms with E-state index in [1.807, 2.05) is 6.92 Å². The predicted octanol–water partition coefficient (Wildman–Crippen LogP) is 3.28. The third-order valence-electron chi connectivity index (χ3n) is 3.82. The zero-order valence-corrected chi connectivity index (χ0v) is 12.9. The van der Waals surface area contributed by atoms with Crippen LogP contribution in [0.3, 0.4) is 0 Å². The third-order valence-corrected chi connectivity index (χ3v) is 5.32. The van der Waals surface area contributed by atoms with Crippen molar-refractivity contribution in [3.63, 3.8) is 0 Å². The first-order valence-corrected chi connectivity index (χ1v) is 8.64. The molecule has 0 aliphatic heterocycles. The van der Waals surface area contributed by atoms with E-state index in [2.05, 4.69) is 14.7 Å². The van der Waals surface area contributed by atoms with E-state index in [-0.39, 0.29) is 17.0 Å². The van der Waals surface area contributed by atoms with Crippen molar-refractivity contribution in [1.29, 1.82) is 0 Å². The highest BCUT2D eigenvalue weighted by Crippen LogP contribution is 2.22. The minimum Gasteiger partial charge on any atom is -0.208 e. The van der Waals surface area contributed by atoms with E-state index >= 15 is 0 Å². The van der Waals surface area contributed by atoms with Gasteiger partial charge >= 0.3 is 0 Å². The van der Waals surface area contributed by atoms with Crippen LogP contribution < -0.4 is 4.72 Å². The van der Waals surface area contributed by atoms with E-state index in [1.165, 1.54) is 0 Å². The maximum absolute atomic E-state index is 12.4. The van der Waals surface area contributed by atoms with Crippen LogP contribution in [-0.4, -0.2) is 20.5 Å². The monoisotopic (exact) mass is 308 g/mol. The maximum atomic E-state index is 12.4. The van der Waals surface area contributed by atoms with Crippen LogP contribution in [0.2, 0.25) is 0 Å². The second kappa shape index (κ2) is 6.93. The van der Waals surface area contributed by atoms with Crippen LogP contribution in [0.1, 0.15) is 37.7 Å². The number of hydrogen-bond donors (Lipinski definition) is 1. The van der Waals surface area contributed by atoms with Crippen LogP contribution in [-0.2, 0) is 10.0 Å². The molecule has 114 valence electrons. The van der Waals surface area contributed by atoms with E-state index in [4.69, 9.17) is 5.53 Å². The molecule has 0 bridgehead atoms. The van der Waals surface area contributed by atoms with Crippen LogP contribution in [0.4, 0.5) is 0 Å². The molecule has 0 saturated heterocycles. The van der Waals surface area contributed by atoms with Gasteiger partial charge in [-0.15, -0.1) is 0 Å². The first-order chi connectivity index (χ1) is 10.0. The predicted molar refractivity (Wildman–Crippen MR) is 81.3 cm³/mol. The highest BCUT2D eigenvalue weighted by molar-refractivity contribution is 7.89. The molecule has 0 unspecified atom stereocenters. The average Bonchev–Trinajstić information content (AvgIpc) is 2.65. The summed E-state index contributed by atoms with van der Waals surface area (Å²) in [6, 6.07) is 6.10. The topological polar surface area (TPSA) is 94.9 Å². The average molecular weight is 308 g/mol. The number of sulfonamides is 1. The molecular weight excluding hydrogens is 288 g/mol. The molecule has 1 saturated carbocycles. The molecule has 2 rings (SSSR count). The molecule has 1 aromatic rings. The quantitative estimate of drug-likeness (QED) is 0.400. The van der Waals surface area contributed by atoms with Gasteiger partial charge in [0.15, 0.2) is 0 Å². The van der Waals surface area contributed by atoms with Crippen LogP contribution in [0.15, 0.2) is 34.3 Å². The molecule has 2 atom stereocenters. The van der Waals surface area contributed by atoms with Gasteiger partial charge in [-0.25, -0.2) is 13.1 Å². The summed E-state index contributed by atoms with van der Waals surface area (Å²) in [5.74, 6) is 0. The first-order valence-electron chi connectivity index (χ1n) is 7.16. The van der Waals surface area contributed by atoms with Crippen LogP contribution >= 0.6 is 0 Å². The summed E-state index contributed by atoms with van der Waals surface area (Å²) in [5, 5.41) is 3.77. The van der Waals surface area contributed by atoms with Crippen molar-refractivity contribution in [2.75, 3.05) is 0 Å². The molecule has 1 aromatic carbocycles. The number of azide groups is 1. The van der Waals surface area contributed by atoms with Crippen molar-refractivity contribution in [3.05, 3.63) is 40.3 Å². The normalized spacial score (nSPS) is 23.1. The standard InChI is InChI=1S/C14H20N4O2S/c1-11-7-9-12(10-8-11)21(19,20)17-14-6-4-2-3-5-13(14)16-18-15/h7-10,13-14,17H,2-6H2,1H3/t13-,14+/m0/s1. The zero-order chi connectivity index (χ0) is 15.3. The van der Waals surface area contributed by atoms with Crippen LogP contribution in [0, 0.1) is 6.92 Å². The highest BCUT2D eigenvalue weighted by atomic mass is 32.2. The van der Waals surface area contributed by atoms with E-state index in [0.717, 1.165) is 31.2 Å². The van der Waals surface area contributed by atoms with Crippen LogP contribution in [0.25, 0.3) is 10.4 Å². The van der Waals surface area contributed by atoms with Crippen molar-refractivity contribution in [2.45, 2.75) is 56.0 Å². The van der Waals surface area contributed by atoms with Gasteiger partial charge in [0.1, 0.15) is 0 Å². The zero-order valence-electron chi connectivity index (χ0n) is 12.1. The fourth-order valence-corrected chi connectivity index (χ4v) is 3.92. The lowest BCUT2D eigenvalue weighted by atomic mass is 10.1. The molecule has 1 aliphatic carbocycles. The summed E-state index contributed by atoms with van der Waals surface area (Å²) < 4.78 is 27.6. The molecule has 1 fully saturated rings. The van der Waals surface area contributed by atoms with Crippen molar-refractivity contribution in [3.8, 4) is 0 Å². The summed E-state index contributed by atoms with van der Waals surface area (Å²) in [6.07, 6.45) is 4.38. The van der Waals surface area contributed by atoms with Gasteiger partial charge in [-0.2, -0.15) is 0 Å². The summed E-state index contributed by atoms with van der Waals surface area (Å²) in [5.41, 5.74) is 9.66. The Hall–Kier alpha value is -1.56. The molecule has 0 aromatic heterocycles. The lowest BCUT2D eigenvalue weighted by Crippen LogP contribution is -2.41. The van der Waals surface area contributed by atoms with Gasteiger partial charge in [-0.05, 0) is 37.4 Å². The summed E-state index contributed by atoms with van der Waals surface area (Å²) in [4.78, 5) is 3.10. The van der Waals surface area contributed by atoms with E-state index in [1.54, 1.807) is 24.3 Å². The summed E-state index contributed by atoms with van der Waals surface area (Å²) >= 11 is 0. The van der Waals surface area contributed by atoms with Gasteiger partial charge in [0.2, 0.25) is 10.0 Å². The third kappa shape index (κ3) is 4.20. The Morgan fingerprint density at radius 2 is 1.86 bits per heavy atom. The van der Waals surface area contributed by atoms with E-state index in [9.17, 15) is 8.42 Å². The fraction of sp³-hybridized carbons (Fsp3) is 0.571. The van der Waals surface area contributed by atoms with Gasteiger partial charge in [-0.3, -0.25) is 0 Å². The molecule has 1 N–H and O–H groups in total. The largest absolute Gasteiger partial charge is 0.240 e. The maximum Gasteiger partial charge on any atom is 0.240 e. The molecule has 1 aliphatic rings. The molecule has 0 amide bonds. The number of rotatable bonds is 4. The van der Waals surface area contributed by atoms with Gasteiger partial charge in [0.25, 0.3) is 0 Å². The van der Waals surface area contributed by atoms with Gasteiger partial charge in [-0.1, -0.05) is 42.1 Å². The molecule has 0 spiro atoms. The SMILES string of the molecule is Cc1ccc(S(=O)(=O)N[C@@H]2CCCCC[C@@H]2N=[N+]=[N-])cc1. The molecule has 0 radical (unpaired) electrons. The lowest BCUT2D eigenvalue weighted by molar-refractivity contribution is 0.455. The molecule has 7 heteroatoms. The number of nitrogens with one attached hydrogen (secondary N) is 1. The minimum absolute atomic E-state index is 0.247. The van der Waals surface area contributed by atoms with Crippen molar-refractivity contribution in [1.82, 2.24) is 4.72 Å². The van der Waals surface area contributed by atoms with Crippen LogP contribution in [0.5, 0.6) is 0 Å². The van der Waals surface area contributed by atoms with E-state index < -0.39 is 10.0 Å². The van der Waals surface area contributed by atoms with Gasteiger partial charge in [0, 0.05) is 11.0 Å². The Labute approximate surface area is 125 Å². The van der Waals surface area contributed by atoms with Crippen molar-refractivity contribution < 1.29 is 8.42 Å². The number of benzene rings is 1. The lowest BCUT2D eigenvalue weighted by Gasteiger charge is -2.22. The summed E-state index contributed by atoms with van der Waals surface area (Å²) in [7, 11) is -3.58. The Kier molecular flexibility index (Phi) is 5.22. The number of aryl methyl sites for hydroxylation is 1. The smallest absolute Gasteiger partial charge is 0.208 e. The van der Waals surface area contributed by atoms with Crippen molar-refractivity contribution in [2.24, 2.45) is 5.11 Å². The fourth-order valence-electron chi connectivity index (χ4n) is 2.61. The van der Waals surface area contributed by atoms with Crippen molar-refractivity contribution >= 4 is 10.0 Å². The molecule has 0 heterocycles. The molecule has 6 nitrogen and oxygen atoms in total. The Balaban J connectivity index is 2.20. The number of nitrogens with zero attached hydrogens (tertiary/aromatic N) is 3. The number of hydrogen-bond acceptors (Lipinski definition) is 3. The highest BCUT2D eigenvalue weighted by Gasteiger charge is 2.27. The molecule has 21 heavy (non-hydrogen) atoms. The first kappa shape index (κ1) is 15.8. The Morgan fingerprint density at radius 1 is 1.19 bits per heavy atom. The van der Waals surface area contributed by atoms with Gasteiger partial charge < -0.3 is 0 Å². The Morgan fingerprint density at radius 3 is 2.52 bits per heavy atom. The summed E-state index contributed by atoms with van der Waals surface area (Å²) in [6.45, 7) is 1.91. The minimum atomic E-state index is -3.58. The van der Waals surface area contributed by atoms with Gasteiger partial charge in [0.05, 0.1) is 10.9 Å². The second-order valence-electron chi connectivity index (χ2n) is 5.45. The Bertz CT molecular complexity index is 621. The van der Waals surface area contributed by atoms with E-state index in [0.29, 0.717) is 6.42 Å².